The summed E-state index contributed by atoms with van der Waals surface area (Å²) in [6.45, 7) is 3.24. The molecule has 0 aliphatic carbocycles. The highest BCUT2D eigenvalue weighted by molar-refractivity contribution is 6.39. The number of nitrogens with zero attached hydrogens (tertiary/aromatic N) is 5. The Kier molecular flexibility index (Phi) is 5.21. The van der Waals surface area contributed by atoms with Crippen LogP contribution in [-0.2, 0) is 11.8 Å². The number of aromatic nitrogens is 5. The van der Waals surface area contributed by atoms with Gasteiger partial charge in [-0.1, -0.05) is 29.3 Å². The van der Waals surface area contributed by atoms with Crippen molar-refractivity contribution < 1.29 is 9.47 Å². The van der Waals surface area contributed by atoms with Crippen LogP contribution in [0, 0.1) is 6.92 Å². The zero-order valence-corrected chi connectivity index (χ0v) is 20.1. The molecule has 1 aliphatic rings. The molecule has 0 N–H and O–H groups in total. The number of halogens is 2. The van der Waals surface area contributed by atoms with Crippen LogP contribution in [-0.4, -0.2) is 43.5 Å². The lowest BCUT2D eigenvalue weighted by Crippen LogP contribution is -2.16. The third-order valence-electron chi connectivity index (χ3n) is 6.20. The van der Waals surface area contributed by atoms with Gasteiger partial charge in [0.15, 0.2) is 5.65 Å². The fourth-order valence-electron chi connectivity index (χ4n) is 4.49. The largest absolute Gasteiger partial charge is 0.486 e. The van der Waals surface area contributed by atoms with E-state index in [4.69, 9.17) is 42.6 Å². The number of rotatable bonds is 4. The van der Waals surface area contributed by atoms with Crippen molar-refractivity contribution in [2.75, 3.05) is 13.2 Å². The maximum absolute atomic E-state index is 6.59. The number of pyridine rings is 2. The second-order valence-corrected chi connectivity index (χ2v) is 9.23. The first-order valence-electron chi connectivity index (χ1n) is 11.0. The molecule has 0 unspecified atom stereocenters. The highest BCUT2D eigenvalue weighted by Crippen LogP contribution is 2.41. The van der Waals surface area contributed by atoms with Crippen LogP contribution < -0.4 is 4.74 Å². The molecule has 0 radical (unpaired) electrons. The summed E-state index contributed by atoms with van der Waals surface area (Å²) in [5.41, 5.74) is 5.66. The highest BCUT2D eigenvalue weighted by Gasteiger charge is 2.25. The molecular weight excluding hydrogens is 473 g/mol. The number of benzene rings is 1. The van der Waals surface area contributed by atoms with E-state index in [2.05, 4.69) is 5.10 Å². The van der Waals surface area contributed by atoms with Crippen molar-refractivity contribution in [1.29, 1.82) is 0 Å². The van der Waals surface area contributed by atoms with Crippen molar-refractivity contribution in [3.8, 4) is 28.1 Å². The summed E-state index contributed by atoms with van der Waals surface area (Å²) in [7, 11) is 1.89. The number of ether oxygens (including phenoxy) is 2. The van der Waals surface area contributed by atoms with Gasteiger partial charge in [0.2, 0.25) is 0 Å². The van der Waals surface area contributed by atoms with Crippen LogP contribution in [0.2, 0.25) is 10.0 Å². The summed E-state index contributed by atoms with van der Waals surface area (Å²) in [5, 5.41) is 6.28. The summed E-state index contributed by atoms with van der Waals surface area (Å²) in [4.78, 5) is 9.77. The van der Waals surface area contributed by atoms with Gasteiger partial charge in [-0.25, -0.2) is 4.98 Å². The van der Waals surface area contributed by atoms with Crippen molar-refractivity contribution >= 4 is 39.8 Å². The molecule has 6 rings (SSSR count). The summed E-state index contributed by atoms with van der Waals surface area (Å²) < 4.78 is 16.0. The van der Waals surface area contributed by atoms with Gasteiger partial charge in [-0.2, -0.15) is 5.10 Å². The predicted molar refractivity (Wildman–Crippen MR) is 133 cm³/mol. The Labute approximate surface area is 205 Å². The van der Waals surface area contributed by atoms with Crippen LogP contribution in [0.3, 0.4) is 0 Å². The quantitative estimate of drug-likeness (QED) is 0.319. The minimum Gasteiger partial charge on any atom is -0.486 e. The van der Waals surface area contributed by atoms with Gasteiger partial charge in [-0.05, 0) is 25.1 Å². The van der Waals surface area contributed by atoms with E-state index in [1.807, 2.05) is 67.4 Å². The first-order valence-corrected chi connectivity index (χ1v) is 11.7. The Morgan fingerprint density at radius 3 is 2.68 bits per heavy atom. The van der Waals surface area contributed by atoms with E-state index in [1.165, 1.54) is 0 Å². The predicted octanol–water partition coefficient (Wildman–Crippen LogP) is 5.73. The van der Waals surface area contributed by atoms with E-state index >= 15 is 0 Å². The van der Waals surface area contributed by atoms with Gasteiger partial charge in [0.05, 0.1) is 46.1 Å². The third kappa shape index (κ3) is 3.43. The lowest BCUT2D eigenvalue weighted by atomic mass is 10.1. The Bertz CT molecular complexity index is 1530. The molecule has 1 atom stereocenters. The molecule has 1 aliphatic heterocycles. The minimum atomic E-state index is -0.0465. The van der Waals surface area contributed by atoms with E-state index in [-0.39, 0.29) is 6.10 Å². The van der Waals surface area contributed by atoms with Crippen molar-refractivity contribution in [3.63, 3.8) is 0 Å². The van der Waals surface area contributed by atoms with Crippen LogP contribution in [0.25, 0.3) is 38.9 Å². The molecule has 34 heavy (non-hydrogen) atoms. The highest BCUT2D eigenvalue weighted by atomic mass is 35.5. The van der Waals surface area contributed by atoms with Gasteiger partial charge in [0.25, 0.3) is 0 Å². The molecule has 7 nitrogen and oxygen atoms in total. The Morgan fingerprint density at radius 1 is 1.15 bits per heavy atom. The molecule has 172 valence electrons. The SMILES string of the molecule is Cc1c(-c2c(Cl)cccc2Cl)nc2c3c(O[C@H]4CCOC4)c(-c4cnn(C)c4)cnc3ccn12. The second-order valence-electron chi connectivity index (χ2n) is 8.42. The molecule has 0 spiro atoms. The zero-order chi connectivity index (χ0) is 23.4. The lowest BCUT2D eigenvalue weighted by molar-refractivity contribution is 0.143. The van der Waals surface area contributed by atoms with Gasteiger partial charge >= 0.3 is 0 Å². The molecule has 4 aromatic heterocycles. The molecule has 1 saturated heterocycles. The molecule has 5 aromatic rings. The number of aryl methyl sites for hydroxylation is 2. The van der Waals surface area contributed by atoms with E-state index < -0.39 is 0 Å². The van der Waals surface area contributed by atoms with Crippen LogP contribution in [0.5, 0.6) is 5.75 Å². The fourth-order valence-corrected chi connectivity index (χ4v) is 5.07. The summed E-state index contributed by atoms with van der Waals surface area (Å²) in [5.74, 6) is 0.723. The third-order valence-corrected chi connectivity index (χ3v) is 6.83. The van der Waals surface area contributed by atoms with Crippen LogP contribution >= 0.6 is 23.2 Å². The van der Waals surface area contributed by atoms with Gasteiger partial charge < -0.3 is 13.9 Å². The van der Waals surface area contributed by atoms with Gasteiger partial charge in [0.1, 0.15) is 11.9 Å². The van der Waals surface area contributed by atoms with E-state index in [9.17, 15) is 0 Å². The van der Waals surface area contributed by atoms with Gasteiger partial charge in [-0.3, -0.25) is 9.67 Å². The van der Waals surface area contributed by atoms with E-state index in [0.29, 0.717) is 28.8 Å². The Hall–Kier alpha value is -3.13. The summed E-state index contributed by atoms with van der Waals surface area (Å²) in [6.07, 6.45) is 8.35. The standard InChI is InChI=1S/C25H21Cl2N5O2/c1-14-23(21-18(26)4-3-5-19(21)27)30-25-22-20(6-8-32(14)25)28-11-17(15-10-29-31(2)12-15)24(22)34-16-7-9-33-13-16/h3-6,8,10-12,16H,7,9,13H2,1-2H3/t16-/m0/s1. The average molecular weight is 494 g/mol. The monoisotopic (exact) mass is 493 g/mol. The molecule has 9 heteroatoms. The molecular formula is C25H21Cl2N5O2. The van der Waals surface area contributed by atoms with Crippen molar-refractivity contribution in [1.82, 2.24) is 24.1 Å². The summed E-state index contributed by atoms with van der Waals surface area (Å²) >= 11 is 13.1. The topological polar surface area (TPSA) is 66.5 Å². The van der Waals surface area contributed by atoms with Crippen molar-refractivity contribution in [2.45, 2.75) is 19.4 Å². The maximum Gasteiger partial charge on any atom is 0.150 e. The van der Waals surface area contributed by atoms with Crippen molar-refractivity contribution in [2.24, 2.45) is 7.05 Å². The minimum absolute atomic E-state index is 0.0465. The maximum atomic E-state index is 6.59. The average Bonchev–Trinajstić information content (AvgIpc) is 3.56. The number of fused-ring (bicyclic) bond motifs is 3. The second kappa shape index (κ2) is 8.27. The molecule has 0 bridgehead atoms. The smallest absolute Gasteiger partial charge is 0.150 e. The molecule has 0 saturated carbocycles. The molecule has 1 aromatic carbocycles. The van der Waals surface area contributed by atoms with Crippen LogP contribution in [0.4, 0.5) is 0 Å². The normalized spacial score (nSPS) is 16.1. The van der Waals surface area contributed by atoms with E-state index in [1.54, 1.807) is 4.68 Å². The van der Waals surface area contributed by atoms with Crippen LogP contribution in [0.1, 0.15) is 12.1 Å². The zero-order valence-electron chi connectivity index (χ0n) is 18.6. The van der Waals surface area contributed by atoms with Gasteiger partial charge in [-0.15, -0.1) is 0 Å². The van der Waals surface area contributed by atoms with E-state index in [0.717, 1.165) is 51.2 Å². The molecule has 1 fully saturated rings. The van der Waals surface area contributed by atoms with Crippen LogP contribution in [0.15, 0.2) is 49.1 Å². The number of imidazole rings is 1. The Morgan fingerprint density at radius 2 is 1.97 bits per heavy atom. The lowest BCUT2D eigenvalue weighted by Gasteiger charge is -2.17. The van der Waals surface area contributed by atoms with Gasteiger partial charge in [0, 0.05) is 54.4 Å². The first kappa shape index (κ1) is 21.4. The fraction of sp³-hybridized carbons (Fsp3) is 0.240. The first-order chi connectivity index (χ1) is 16.5. The number of hydrogen-bond donors (Lipinski definition) is 0. The van der Waals surface area contributed by atoms with Crippen molar-refractivity contribution in [3.05, 3.63) is 64.8 Å². The Balaban J connectivity index is 1.66. The summed E-state index contributed by atoms with van der Waals surface area (Å²) in [6, 6.07) is 7.44. The number of hydrogen-bond acceptors (Lipinski definition) is 5. The molecule has 0 amide bonds. The molecule has 5 heterocycles.